The SMILES string of the molecule is CC(=O)c1cc2c(cc1C(C)(F)F)OCCCO2. The molecule has 3 nitrogen and oxygen atoms in total. The summed E-state index contributed by atoms with van der Waals surface area (Å²) in [4.78, 5) is 11.5. The van der Waals surface area contributed by atoms with E-state index in [1.807, 2.05) is 0 Å². The summed E-state index contributed by atoms with van der Waals surface area (Å²) in [6.07, 6.45) is 0.682. The molecule has 0 bridgehead atoms. The van der Waals surface area contributed by atoms with E-state index in [4.69, 9.17) is 9.47 Å². The quantitative estimate of drug-likeness (QED) is 0.762. The number of ketones is 1. The van der Waals surface area contributed by atoms with Crippen molar-refractivity contribution in [3.05, 3.63) is 23.3 Å². The van der Waals surface area contributed by atoms with Crippen molar-refractivity contribution >= 4 is 5.78 Å². The Morgan fingerprint density at radius 2 is 1.78 bits per heavy atom. The second kappa shape index (κ2) is 4.55. The normalized spacial score (nSPS) is 15.1. The summed E-state index contributed by atoms with van der Waals surface area (Å²) in [7, 11) is 0. The Bertz CT molecular complexity index is 478. The van der Waals surface area contributed by atoms with E-state index in [0.717, 1.165) is 6.92 Å². The maximum absolute atomic E-state index is 13.5. The molecule has 1 heterocycles. The summed E-state index contributed by atoms with van der Waals surface area (Å²) in [6, 6.07) is 2.55. The third-order valence-electron chi connectivity index (χ3n) is 2.74. The minimum atomic E-state index is -3.09. The van der Waals surface area contributed by atoms with Crippen LogP contribution < -0.4 is 9.47 Å². The summed E-state index contributed by atoms with van der Waals surface area (Å²) < 4.78 is 37.7. The number of fused-ring (bicyclic) bond motifs is 1. The Kier molecular flexibility index (Phi) is 3.24. The zero-order valence-corrected chi connectivity index (χ0v) is 10.3. The number of Topliss-reactive ketones (excluding diaryl/α,β-unsaturated/α-hetero) is 1. The maximum atomic E-state index is 13.5. The third-order valence-corrected chi connectivity index (χ3v) is 2.74. The van der Waals surface area contributed by atoms with Gasteiger partial charge in [0, 0.05) is 24.5 Å². The Balaban J connectivity index is 2.58. The topological polar surface area (TPSA) is 35.5 Å². The van der Waals surface area contributed by atoms with Gasteiger partial charge in [0.25, 0.3) is 5.92 Å². The van der Waals surface area contributed by atoms with Crippen LogP contribution in [0.4, 0.5) is 8.78 Å². The highest BCUT2D eigenvalue weighted by Crippen LogP contribution is 2.39. The summed E-state index contributed by atoms with van der Waals surface area (Å²) in [5.74, 6) is -2.88. The molecule has 0 saturated carbocycles. The van der Waals surface area contributed by atoms with Gasteiger partial charge in [-0.15, -0.1) is 0 Å². The molecule has 1 aromatic rings. The van der Waals surface area contributed by atoms with Gasteiger partial charge in [-0.2, -0.15) is 0 Å². The smallest absolute Gasteiger partial charge is 0.271 e. The predicted molar refractivity (Wildman–Crippen MR) is 61.6 cm³/mol. The highest BCUT2D eigenvalue weighted by Gasteiger charge is 2.31. The number of alkyl halides is 2. The highest BCUT2D eigenvalue weighted by atomic mass is 19.3. The molecule has 0 aliphatic carbocycles. The Labute approximate surface area is 104 Å². The van der Waals surface area contributed by atoms with Crippen molar-refractivity contribution in [2.24, 2.45) is 0 Å². The van der Waals surface area contributed by atoms with Crippen LogP contribution in [0.25, 0.3) is 0 Å². The number of carbonyl (C=O) groups is 1. The lowest BCUT2D eigenvalue weighted by Crippen LogP contribution is -2.13. The first kappa shape index (κ1) is 12.8. The van der Waals surface area contributed by atoms with Crippen LogP contribution in [0.3, 0.4) is 0 Å². The molecule has 0 atom stereocenters. The fourth-order valence-corrected chi connectivity index (χ4v) is 1.86. The monoisotopic (exact) mass is 256 g/mol. The van der Waals surface area contributed by atoms with Crippen molar-refractivity contribution in [3.63, 3.8) is 0 Å². The Hall–Kier alpha value is -1.65. The van der Waals surface area contributed by atoms with Gasteiger partial charge in [-0.3, -0.25) is 4.79 Å². The van der Waals surface area contributed by atoms with Crippen LogP contribution in [-0.4, -0.2) is 19.0 Å². The van der Waals surface area contributed by atoms with Gasteiger partial charge in [0.15, 0.2) is 17.3 Å². The zero-order chi connectivity index (χ0) is 13.3. The van der Waals surface area contributed by atoms with Gasteiger partial charge >= 0.3 is 0 Å². The van der Waals surface area contributed by atoms with E-state index in [2.05, 4.69) is 0 Å². The lowest BCUT2D eigenvalue weighted by Gasteiger charge is -2.17. The molecule has 2 rings (SSSR count). The summed E-state index contributed by atoms with van der Waals surface area (Å²) in [5, 5.41) is 0. The van der Waals surface area contributed by atoms with Crippen LogP contribution >= 0.6 is 0 Å². The Morgan fingerprint density at radius 3 is 2.28 bits per heavy atom. The molecule has 5 heteroatoms. The van der Waals surface area contributed by atoms with Gasteiger partial charge in [-0.25, -0.2) is 8.78 Å². The molecule has 0 saturated heterocycles. The third kappa shape index (κ3) is 2.44. The van der Waals surface area contributed by atoms with Crippen molar-refractivity contribution in [1.82, 2.24) is 0 Å². The predicted octanol–water partition coefficient (Wildman–Crippen LogP) is 3.16. The number of hydrogen-bond donors (Lipinski definition) is 0. The van der Waals surface area contributed by atoms with Crippen LogP contribution in [0, 0.1) is 0 Å². The first-order valence-corrected chi connectivity index (χ1v) is 5.72. The van der Waals surface area contributed by atoms with Crippen molar-refractivity contribution in [2.75, 3.05) is 13.2 Å². The van der Waals surface area contributed by atoms with Crippen molar-refractivity contribution in [2.45, 2.75) is 26.2 Å². The van der Waals surface area contributed by atoms with Gasteiger partial charge in [0.2, 0.25) is 0 Å². The van der Waals surface area contributed by atoms with E-state index in [0.29, 0.717) is 25.4 Å². The van der Waals surface area contributed by atoms with Crippen LogP contribution in [0.1, 0.15) is 36.2 Å². The standard InChI is InChI=1S/C13H14F2O3/c1-8(16)9-6-11-12(18-5-3-4-17-11)7-10(9)13(2,14)15/h6-7H,3-5H2,1-2H3. The Morgan fingerprint density at radius 1 is 1.22 bits per heavy atom. The van der Waals surface area contributed by atoms with Crippen molar-refractivity contribution in [3.8, 4) is 11.5 Å². The van der Waals surface area contributed by atoms with E-state index < -0.39 is 11.7 Å². The van der Waals surface area contributed by atoms with Crippen molar-refractivity contribution in [1.29, 1.82) is 0 Å². The second-order valence-electron chi connectivity index (χ2n) is 4.34. The number of ether oxygens (including phenoxy) is 2. The summed E-state index contributed by atoms with van der Waals surface area (Å²) in [6.45, 7) is 2.89. The molecule has 1 aliphatic heterocycles. The lowest BCUT2D eigenvalue weighted by molar-refractivity contribution is 0.0162. The fourth-order valence-electron chi connectivity index (χ4n) is 1.86. The molecule has 0 N–H and O–H groups in total. The minimum absolute atomic E-state index is 0.0215. The van der Waals surface area contributed by atoms with Gasteiger partial charge in [0.05, 0.1) is 13.2 Å². The van der Waals surface area contributed by atoms with Crippen LogP contribution in [0.5, 0.6) is 11.5 Å². The van der Waals surface area contributed by atoms with Crippen LogP contribution in [-0.2, 0) is 5.92 Å². The van der Waals surface area contributed by atoms with Gasteiger partial charge in [-0.1, -0.05) is 0 Å². The average Bonchev–Trinajstić information content (AvgIpc) is 2.50. The molecule has 98 valence electrons. The molecule has 0 radical (unpaired) electrons. The summed E-state index contributed by atoms with van der Waals surface area (Å²) >= 11 is 0. The number of carbonyl (C=O) groups excluding carboxylic acids is 1. The molecule has 0 spiro atoms. The molecule has 0 aromatic heterocycles. The zero-order valence-electron chi connectivity index (χ0n) is 10.3. The van der Waals surface area contributed by atoms with E-state index >= 15 is 0 Å². The largest absolute Gasteiger partial charge is 0.490 e. The molecule has 18 heavy (non-hydrogen) atoms. The fraction of sp³-hybridized carbons (Fsp3) is 0.462. The first-order chi connectivity index (χ1) is 8.39. The molecule has 0 unspecified atom stereocenters. The lowest BCUT2D eigenvalue weighted by atomic mass is 9.99. The first-order valence-electron chi connectivity index (χ1n) is 5.72. The number of rotatable bonds is 2. The highest BCUT2D eigenvalue weighted by molar-refractivity contribution is 5.96. The number of hydrogen-bond acceptors (Lipinski definition) is 3. The average molecular weight is 256 g/mol. The molecular formula is C13H14F2O3. The van der Waals surface area contributed by atoms with Gasteiger partial charge in [-0.05, 0) is 19.1 Å². The number of halogens is 2. The maximum Gasteiger partial charge on any atom is 0.271 e. The number of benzene rings is 1. The van der Waals surface area contributed by atoms with E-state index in [1.165, 1.54) is 19.1 Å². The van der Waals surface area contributed by atoms with E-state index in [-0.39, 0.29) is 16.9 Å². The molecule has 0 amide bonds. The van der Waals surface area contributed by atoms with Crippen molar-refractivity contribution < 1.29 is 23.0 Å². The molecule has 1 aliphatic rings. The van der Waals surface area contributed by atoms with E-state index in [1.54, 1.807) is 0 Å². The van der Waals surface area contributed by atoms with E-state index in [9.17, 15) is 13.6 Å². The summed E-state index contributed by atoms with van der Waals surface area (Å²) in [5.41, 5.74) is -0.342. The van der Waals surface area contributed by atoms with Gasteiger partial charge in [0.1, 0.15) is 0 Å². The molecular weight excluding hydrogens is 242 g/mol. The second-order valence-corrected chi connectivity index (χ2v) is 4.34. The van der Waals surface area contributed by atoms with Gasteiger partial charge < -0.3 is 9.47 Å². The van der Waals surface area contributed by atoms with Crippen LogP contribution in [0.2, 0.25) is 0 Å². The molecule has 0 fully saturated rings. The minimum Gasteiger partial charge on any atom is -0.490 e. The van der Waals surface area contributed by atoms with Crippen LogP contribution in [0.15, 0.2) is 12.1 Å². The molecule has 1 aromatic carbocycles.